The number of fused-ring (bicyclic) bond motifs is 1. The van der Waals surface area contributed by atoms with E-state index in [9.17, 15) is 14.9 Å². The molecular weight excluding hydrogens is 533 g/mol. The van der Waals surface area contributed by atoms with Gasteiger partial charge in [-0.25, -0.2) is 5.01 Å². The van der Waals surface area contributed by atoms with Crippen LogP contribution in [0.4, 0.5) is 5.69 Å². The SMILES string of the molecule is C[C@@H]1C/C(=C\c2ccc(Cl)cc2)C2=NN(C(=O)c3cc([N+](=O)[O-])ccc3Cl)[C@@H](c3ccc(Cl)cc3)[C@@H]2C1. The number of carbonyl (C=O) groups excluding carboxylic acids is 1. The fourth-order valence-electron chi connectivity index (χ4n) is 5.12. The van der Waals surface area contributed by atoms with Gasteiger partial charge in [-0.15, -0.1) is 0 Å². The van der Waals surface area contributed by atoms with E-state index in [1.165, 1.54) is 23.2 Å². The number of nitro groups is 1. The summed E-state index contributed by atoms with van der Waals surface area (Å²) >= 11 is 18.6. The number of benzene rings is 3. The van der Waals surface area contributed by atoms with E-state index in [0.29, 0.717) is 16.0 Å². The summed E-state index contributed by atoms with van der Waals surface area (Å²) in [5.74, 6) is -0.201. The molecule has 0 spiro atoms. The smallest absolute Gasteiger partial charge is 0.267 e. The molecule has 0 aromatic heterocycles. The van der Waals surface area contributed by atoms with E-state index in [2.05, 4.69) is 13.0 Å². The highest BCUT2D eigenvalue weighted by Gasteiger charge is 2.45. The zero-order valence-electron chi connectivity index (χ0n) is 19.8. The van der Waals surface area contributed by atoms with E-state index in [1.54, 1.807) is 12.1 Å². The fraction of sp³-hybridized carbons (Fsp3) is 0.214. The van der Waals surface area contributed by atoms with Crippen LogP contribution in [0.25, 0.3) is 6.08 Å². The van der Waals surface area contributed by atoms with Gasteiger partial charge in [0.25, 0.3) is 11.6 Å². The zero-order chi connectivity index (χ0) is 26.3. The predicted molar refractivity (Wildman–Crippen MR) is 147 cm³/mol. The molecule has 1 amide bonds. The maximum Gasteiger partial charge on any atom is 0.276 e. The first kappa shape index (κ1) is 25.5. The summed E-state index contributed by atoms with van der Waals surface area (Å²) in [6.07, 6.45) is 3.73. The minimum Gasteiger partial charge on any atom is -0.267 e. The number of carbonyl (C=O) groups is 1. The number of hydrogen-bond donors (Lipinski definition) is 0. The molecule has 1 aliphatic carbocycles. The van der Waals surface area contributed by atoms with Gasteiger partial charge in [0, 0.05) is 28.1 Å². The summed E-state index contributed by atoms with van der Waals surface area (Å²) in [7, 11) is 0. The molecule has 3 aromatic carbocycles. The monoisotopic (exact) mass is 553 g/mol. The van der Waals surface area contributed by atoms with E-state index in [-0.39, 0.29) is 22.2 Å². The second kappa shape index (κ2) is 10.3. The van der Waals surface area contributed by atoms with Gasteiger partial charge in [-0.3, -0.25) is 14.9 Å². The highest BCUT2D eigenvalue weighted by molar-refractivity contribution is 6.34. The first-order valence-electron chi connectivity index (χ1n) is 11.8. The van der Waals surface area contributed by atoms with Gasteiger partial charge >= 0.3 is 0 Å². The molecule has 9 heteroatoms. The molecule has 2 aliphatic rings. The number of nitrogens with zero attached hydrogens (tertiary/aromatic N) is 3. The van der Waals surface area contributed by atoms with Gasteiger partial charge < -0.3 is 0 Å². The molecule has 5 rings (SSSR count). The van der Waals surface area contributed by atoms with Crippen molar-refractivity contribution >= 4 is 58.2 Å². The van der Waals surface area contributed by atoms with E-state index in [0.717, 1.165) is 35.3 Å². The maximum atomic E-state index is 13.9. The third-order valence-electron chi connectivity index (χ3n) is 6.79. The Morgan fingerprint density at radius 1 is 1.03 bits per heavy atom. The van der Waals surface area contributed by atoms with Gasteiger partial charge in [0.05, 0.1) is 27.3 Å². The quantitative estimate of drug-likeness (QED) is 0.241. The second-order valence-corrected chi connectivity index (χ2v) is 10.7. The number of non-ortho nitro benzene ring substituents is 1. The molecule has 0 bridgehead atoms. The third kappa shape index (κ3) is 5.14. The van der Waals surface area contributed by atoms with Crippen molar-refractivity contribution < 1.29 is 9.72 Å². The Hall–Kier alpha value is -3.19. The van der Waals surface area contributed by atoms with Crippen LogP contribution in [0, 0.1) is 22.0 Å². The fourth-order valence-corrected chi connectivity index (χ4v) is 5.57. The van der Waals surface area contributed by atoms with Crippen molar-refractivity contribution in [2.75, 3.05) is 0 Å². The third-order valence-corrected chi connectivity index (χ3v) is 7.62. The summed E-state index contributed by atoms with van der Waals surface area (Å²) in [5, 5.41) is 19.0. The average Bonchev–Trinajstić information content (AvgIpc) is 3.25. The molecule has 3 atom stereocenters. The summed E-state index contributed by atoms with van der Waals surface area (Å²) in [6, 6.07) is 18.4. The molecule has 1 heterocycles. The van der Waals surface area contributed by atoms with Crippen molar-refractivity contribution in [3.05, 3.63) is 114 Å². The van der Waals surface area contributed by atoms with Crippen LogP contribution >= 0.6 is 34.8 Å². The van der Waals surface area contributed by atoms with Crippen molar-refractivity contribution in [3.8, 4) is 0 Å². The molecule has 0 saturated heterocycles. The molecule has 1 saturated carbocycles. The molecule has 1 aliphatic heterocycles. The van der Waals surface area contributed by atoms with Crippen LogP contribution in [0.5, 0.6) is 0 Å². The number of hydrazone groups is 1. The van der Waals surface area contributed by atoms with Crippen molar-refractivity contribution in [2.24, 2.45) is 16.9 Å². The highest BCUT2D eigenvalue weighted by Crippen LogP contribution is 2.47. The van der Waals surface area contributed by atoms with Gasteiger partial charge in [-0.1, -0.05) is 66.0 Å². The minimum atomic E-state index is -0.548. The van der Waals surface area contributed by atoms with Crippen LogP contribution in [0.2, 0.25) is 15.1 Å². The molecule has 37 heavy (non-hydrogen) atoms. The average molecular weight is 555 g/mol. The maximum absolute atomic E-state index is 13.9. The topological polar surface area (TPSA) is 75.8 Å². The summed E-state index contributed by atoms with van der Waals surface area (Å²) in [6.45, 7) is 2.19. The zero-order valence-corrected chi connectivity index (χ0v) is 22.0. The van der Waals surface area contributed by atoms with Crippen LogP contribution in [-0.2, 0) is 0 Å². The molecule has 0 radical (unpaired) electrons. The van der Waals surface area contributed by atoms with Crippen molar-refractivity contribution in [1.82, 2.24) is 5.01 Å². The lowest BCUT2D eigenvalue weighted by Crippen LogP contribution is -2.33. The Morgan fingerprint density at radius 2 is 1.68 bits per heavy atom. The Kier molecular flexibility index (Phi) is 7.08. The summed E-state index contributed by atoms with van der Waals surface area (Å²) in [4.78, 5) is 24.7. The first-order chi connectivity index (χ1) is 17.7. The Balaban J connectivity index is 1.62. The standard InChI is InChI=1S/C28H22Cl3N3O3/c1-16-12-19(14-17-2-6-20(29)7-3-17)26-24(13-16)27(18-4-8-21(30)9-5-18)33(32-26)28(35)23-15-22(34(36)37)10-11-25(23)31/h2-11,14-16,24,27H,12-13H2,1H3/b19-14+/t16-,24-,27+/m1/s1. The lowest BCUT2D eigenvalue weighted by Gasteiger charge is -2.32. The molecule has 3 aromatic rings. The Morgan fingerprint density at radius 3 is 2.32 bits per heavy atom. The predicted octanol–water partition coefficient (Wildman–Crippen LogP) is 8.24. The first-order valence-corrected chi connectivity index (χ1v) is 12.9. The number of allylic oxidation sites excluding steroid dienone is 1. The summed E-state index contributed by atoms with van der Waals surface area (Å²) in [5.41, 5.74) is 3.58. The molecule has 0 N–H and O–H groups in total. The number of amides is 1. The molecule has 188 valence electrons. The highest BCUT2D eigenvalue weighted by atomic mass is 35.5. The van der Waals surface area contributed by atoms with Crippen molar-refractivity contribution in [2.45, 2.75) is 25.8 Å². The summed E-state index contributed by atoms with van der Waals surface area (Å²) < 4.78 is 0. The number of rotatable bonds is 4. The van der Waals surface area contributed by atoms with Gasteiger partial charge in [0.2, 0.25) is 0 Å². The van der Waals surface area contributed by atoms with E-state index in [1.807, 2.05) is 36.4 Å². The molecule has 6 nitrogen and oxygen atoms in total. The second-order valence-electron chi connectivity index (χ2n) is 9.43. The number of hydrogen-bond acceptors (Lipinski definition) is 4. The Labute approximate surface area is 229 Å². The van der Waals surface area contributed by atoms with Crippen molar-refractivity contribution in [1.29, 1.82) is 0 Å². The van der Waals surface area contributed by atoms with Crippen LogP contribution in [-0.4, -0.2) is 21.6 Å². The molecule has 0 unspecified atom stereocenters. The largest absolute Gasteiger partial charge is 0.276 e. The van der Waals surface area contributed by atoms with Gasteiger partial charge in [-0.2, -0.15) is 5.10 Å². The van der Waals surface area contributed by atoms with E-state index >= 15 is 0 Å². The molecule has 1 fully saturated rings. The van der Waals surface area contributed by atoms with Crippen LogP contribution in [0.3, 0.4) is 0 Å². The number of nitro benzene ring substituents is 1. The molecular formula is C28H22Cl3N3O3. The van der Waals surface area contributed by atoms with Gasteiger partial charge in [0.1, 0.15) is 0 Å². The Bertz CT molecular complexity index is 1440. The number of halogens is 3. The van der Waals surface area contributed by atoms with Crippen LogP contribution in [0.1, 0.15) is 47.3 Å². The van der Waals surface area contributed by atoms with E-state index < -0.39 is 16.9 Å². The lowest BCUT2D eigenvalue weighted by atomic mass is 9.73. The van der Waals surface area contributed by atoms with Crippen LogP contribution in [0.15, 0.2) is 77.4 Å². The van der Waals surface area contributed by atoms with Crippen molar-refractivity contribution in [3.63, 3.8) is 0 Å². The van der Waals surface area contributed by atoms with Crippen LogP contribution < -0.4 is 0 Å². The van der Waals surface area contributed by atoms with Gasteiger partial charge in [-0.05, 0) is 71.9 Å². The van der Waals surface area contributed by atoms with E-state index in [4.69, 9.17) is 39.9 Å². The minimum absolute atomic E-state index is 0.0362. The van der Waals surface area contributed by atoms with Gasteiger partial charge in [0.15, 0.2) is 0 Å². The normalized spacial score (nSPS) is 22.1. The lowest BCUT2D eigenvalue weighted by molar-refractivity contribution is -0.384.